The van der Waals surface area contributed by atoms with Gasteiger partial charge in [0.05, 0.1) is 0 Å². The lowest BCUT2D eigenvalue weighted by Crippen LogP contribution is -2.26. The first-order valence-corrected chi connectivity index (χ1v) is 9.36. The molecule has 1 aliphatic heterocycles. The number of carbonyl (C=O) groups excluding carboxylic acids is 1. The lowest BCUT2D eigenvalue weighted by molar-refractivity contribution is -0.134. The normalized spacial score (nSPS) is 15.8. The summed E-state index contributed by atoms with van der Waals surface area (Å²) in [6, 6.07) is 6.39. The molecule has 1 amide bonds. The van der Waals surface area contributed by atoms with Crippen LogP contribution in [0.15, 0.2) is 30.5 Å². The molecule has 4 nitrogen and oxygen atoms in total. The molecule has 2 heterocycles. The molecule has 1 aliphatic rings. The van der Waals surface area contributed by atoms with Crippen LogP contribution in [0.1, 0.15) is 46.0 Å². The van der Waals surface area contributed by atoms with E-state index < -0.39 is 18.5 Å². The van der Waals surface area contributed by atoms with Gasteiger partial charge in [0.1, 0.15) is 0 Å². The van der Waals surface area contributed by atoms with Crippen LogP contribution in [-0.4, -0.2) is 30.2 Å². The molecule has 3 rings (SSSR count). The van der Waals surface area contributed by atoms with Crippen LogP contribution in [0.2, 0.25) is 0 Å². The summed E-state index contributed by atoms with van der Waals surface area (Å²) >= 11 is 1.44. The fourth-order valence-corrected chi connectivity index (χ4v) is 4.02. The molecule has 2 aromatic rings. The Bertz CT molecular complexity index is 754. The number of aromatic nitrogens is 1. The number of hydrogen-bond acceptors (Lipinski definition) is 4. The van der Waals surface area contributed by atoms with Crippen molar-refractivity contribution in [1.29, 1.82) is 0 Å². The summed E-state index contributed by atoms with van der Waals surface area (Å²) in [6.45, 7) is 1.94. The minimum absolute atomic E-state index is 0.217. The zero-order valence-electron chi connectivity index (χ0n) is 14.1. The van der Waals surface area contributed by atoms with Crippen LogP contribution in [0.4, 0.5) is 18.3 Å². The van der Waals surface area contributed by atoms with E-state index in [2.05, 4.69) is 15.6 Å². The number of anilines is 1. The summed E-state index contributed by atoms with van der Waals surface area (Å²) in [7, 11) is 0. The maximum Gasteiger partial charge on any atom is 0.389 e. The average molecular weight is 383 g/mol. The number of piperidine rings is 1. The van der Waals surface area contributed by atoms with Crippen molar-refractivity contribution in [3.8, 4) is 0 Å². The predicted octanol–water partition coefficient (Wildman–Crippen LogP) is 4.36. The molecule has 1 saturated heterocycles. The molecule has 0 aliphatic carbocycles. The van der Waals surface area contributed by atoms with Gasteiger partial charge in [-0.2, -0.15) is 13.2 Å². The highest BCUT2D eigenvalue weighted by atomic mass is 32.1. The fourth-order valence-electron chi connectivity index (χ4n) is 3.04. The maximum absolute atomic E-state index is 12.5. The molecule has 8 heteroatoms. The number of rotatable bonds is 5. The van der Waals surface area contributed by atoms with E-state index in [0.717, 1.165) is 30.8 Å². The Morgan fingerprint density at radius 2 is 2.00 bits per heavy atom. The monoisotopic (exact) mass is 383 g/mol. The molecule has 140 valence electrons. The predicted molar refractivity (Wildman–Crippen MR) is 95.7 cm³/mol. The molecule has 0 bridgehead atoms. The van der Waals surface area contributed by atoms with Gasteiger partial charge in [-0.1, -0.05) is 18.2 Å². The van der Waals surface area contributed by atoms with Crippen LogP contribution in [0.3, 0.4) is 0 Å². The number of halogens is 3. The Balaban J connectivity index is 1.67. The van der Waals surface area contributed by atoms with Crippen LogP contribution in [0.5, 0.6) is 0 Å². The zero-order chi connectivity index (χ0) is 18.6. The van der Waals surface area contributed by atoms with Crippen molar-refractivity contribution in [3.63, 3.8) is 0 Å². The molecule has 1 aromatic carbocycles. The third-order valence-electron chi connectivity index (χ3n) is 4.43. The van der Waals surface area contributed by atoms with Crippen LogP contribution >= 0.6 is 11.3 Å². The van der Waals surface area contributed by atoms with Crippen molar-refractivity contribution in [1.82, 2.24) is 10.3 Å². The highest BCUT2D eigenvalue weighted by Crippen LogP contribution is 2.32. The standard InChI is InChI=1S/C18H20F3N3OS/c19-18(20,21)8-5-12-3-1-2-4-14(12)16(25)24-17-23-11-15(26-17)13-6-9-22-10-7-13/h1-4,11,13,22H,5-10H2,(H,23,24,25). The highest BCUT2D eigenvalue weighted by Gasteiger charge is 2.27. The van der Waals surface area contributed by atoms with Crippen LogP contribution in [-0.2, 0) is 6.42 Å². The van der Waals surface area contributed by atoms with Gasteiger partial charge in [0, 0.05) is 23.1 Å². The Morgan fingerprint density at radius 3 is 2.73 bits per heavy atom. The molecule has 0 atom stereocenters. The molecule has 0 unspecified atom stereocenters. The second-order valence-electron chi connectivity index (χ2n) is 6.32. The van der Waals surface area contributed by atoms with Gasteiger partial charge < -0.3 is 5.32 Å². The van der Waals surface area contributed by atoms with Gasteiger partial charge in [0.15, 0.2) is 5.13 Å². The van der Waals surface area contributed by atoms with Crippen molar-refractivity contribution < 1.29 is 18.0 Å². The zero-order valence-corrected chi connectivity index (χ0v) is 14.9. The highest BCUT2D eigenvalue weighted by molar-refractivity contribution is 7.15. The van der Waals surface area contributed by atoms with Crippen LogP contribution in [0, 0.1) is 0 Å². The van der Waals surface area contributed by atoms with E-state index >= 15 is 0 Å². The lowest BCUT2D eigenvalue weighted by atomic mass is 9.97. The number of thiazole rings is 1. The summed E-state index contributed by atoms with van der Waals surface area (Å²) < 4.78 is 37.5. The summed E-state index contributed by atoms with van der Waals surface area (Å²) in [5.74, 6) is 0.0208. The summed E-state index contributed by atoms with van der Waals surface area (Å²) in [4.78, 5) is 17.9. The molecule has 1 fully saturated rings. The maximum atomic E-state index is 12.5. The smallest absolute Gasteiger partial charge is 0.317 e. The Kier molecular flexibility index (Phi) is 5.93. The molecule has 26 heavy (non-hydrogen) atoms. The van der Waals surface area contributed by atoms with E-state index in [1.54, 1.807) is 30.5 Å². The molecular formula is C18H20F3N3OS. The lowest BCUT2D eigenvalue weighted by Gasteiger charge is -2.20. The van der Waals surface area contributed by atoms with E-state index in [1.165, 1.54) is 11.3 Å². The Morgan fingerprint density at radius 1 is 1.27 bits per heavy atom. The molecule has 0 radical (unpaired) electrons. The summed E-state index contributed by atoms with van der Waals surface area (Å²) in [5.41, 5.74) is 0.646. The Labute approximate surface area is 153 Å². The van der Waals surface area contributed by atoms with Crippen molar-refractivity contribution in [2.45, 2.75) is 37.8 Å². The number of alkyl halides is 3. The summed E-state index contributed by atoms with van der Waals surface area (Å²) in [5, 5.41) is 6.52. The molecule has 2 N–H and O–H groups in total. The first kappa shape index (κ1) is 18.8. The molecular weight excluding hydrogens is 363 g/mol. The van der Waals surface area contributed by atoms with Gasteiger partial charge in [-0.3, -0.25) is 10.1 Å². The Hall–Kier alpha value is -1.93. The number of amides is 1. The topological polar surface area (TPSA) is 54.0 Å². The number of hydrogen-bond donors (Lipinski definition) is 2. The number of nitrogens with one attached hydrogen (secondary N) is 2. The molecule has 1 aromatic heterocycles. The molecule has 0 saturated carbocycles. The van der Waals surface area contributed by atoms with E-state index in [-0.39, 0.29) is 12.0 Å². The van der Waals surface area contributed by atoms with Crippen LogP contribution in [0.25, 0.3) is 0 Å². The van der Waals surface area contributed by atoms with Gasteiger partial charge in [-0.05, 0) is 49.9 Å². The summed E-state index contributed by atoms with van der Waals surface area (Å²) in [6.07, 6.45) is -1.56. The second kappa shape index (κ2) is 8.18. The SMILES string of the molecule is O=C(Nc1ncc(C2CCNCC2)s1)c1ccccc1CCC(F)(F)F. The van der Waals surface area contributed by atoms with E-state index in [1.807, 2.05) is 0 Å². The van der Waals surface area contributed by atoms with Gasteiger partial charge in [-0.25, -0.2) is 4.98 Å². The first-order chi connectivity index (χ1) is 12.4. The van der Waals surface area contributed by atoms with E-state index in [9.17, 15) is 18.0 Å². The quantitative estimate of drug-likeness (QED) is 0.807. The number of benzene rings is 1. The van der Waals surface area contributed by atoms with Gasteiger partial charge >= 0.3 is 6.18 Å². The van der Waals surface area contributed by atoms with Crippen LogP contribution < -0.4 is 10.6 Å². The van der Waals surface area contributed by atoms with Crippen molar-refractivity contribution in [2.24, 2.45) is 0 Å². The minimum atomic E-state index is -4.25. The minimum Gasteiger partial charge on any atom is -0.317 e. The third kappa shape index (κ3) is 5.04. The fraction of sp³-hybridized carbons (Fsp3) is 0.444. The van der Waals surface area contributed by atoms with Gasteiger partial charge in [0.25, 0.3) is 5.91 Å². The van der Waals surface area contributed by atoms with E-state index in [4.69, 9.17) is 0 Å². The number of nitrogens with zero attached hydrogens (tertiary/aromatic N) is 1. The second-order valence-corrected chi connectivity index (χ2v) is 7.38. The van der Waals surface area contributed by atoms with Gasteiger partial charge in [-0.15, -0.1) is 11.3 Å². The third-order valence-corrected chi connectivity index (χ3v) is 5.50. The van der Waals surface area contributed by atoms with E-state index in [0.29, 0.717) is 16.6 Å². The largest absolute Gasteiger partial charge is 0.389 e. The number of carbonyl (C=O) groups is 1. The number of aryl methyl sites for hydroxylation is 1. The molecule has 0 spiro atoms. The van der Waals surface area contributed by atoms with Crippen molar-refractivity contribution in [3.05, 3.63) is 46.5 Å². The first-order valence-electron chi connectivity index (χ1n) is 8.55. The average Bonchev–Trinajstić information content (AvgIpc) is 3.09. The van der Waals surface area contributed by atoms with Crippen molar-refractivity contribution >= 4 is 22.4 Å². The van der Waals surface area contributed by atoms with Gasteiger partial charge in [0.2, 0.25) is 0 Å². The van der Waals surface area contributed by atoms with Crippen molar-refractivity contribution in [2.75, 3.05) is 18.4 Å².